The third-order valence-corrected chi connectivity index (χ3v) is 3.91. The first-order chi connectivity index (χ1) is 8.95. The summed E-state index contributed by atoms with van der Waals surface area (Å²) in [5.41, 5.74) is 1.32. The van der Waals surface area contributed by atoms with Gasteiger partial charge in [-0.25, -0.2) is 9.97 Å². The molecule has 1 amide bonds. The Bertz CT molecular complexity index is 595. The highest BCUT2D eigenvalue weighted by Gasteiger charge is 2.15. The molecule has 0 radical (unpaired) electrons. The van der Waals surface area contributed by atoms with Crippen molar-refractivity contribution in [1.82, 2.24) is 15.3 Å². The molecular formula is C12H11Cl2N3OS. The van der Waals surface area contributed by atoms with Crippen LogP contribution in [0.5, 0.6) is 0 Å². The van der Waals surface area contributed by atoms with Crippen molar-refractivity contribution < 1.29 is 4.79 Å². The lowest BCUT2D eigenvalue weighted by Gasteiger charge is -2.11. The number of amides is 1. The monoisotopic (exact) mass is 315 g/mol. The van der Waals surface area contributed by atoms with Gasteiger partial charge in [0.1, 0.15) is 15.3 Å². The van der Waals surface area contributed by atoms with E-state index in [1.54, 1.807) is 0 Å². The first-order valence-electron chi connectivity index (χ1n) is 5.51. The summed E-state index contributed by atoms with van der Waals surface area (Å²) in [5, 5.41) is 6.03. The minimum atomic E-state index is -0.258. The van der Waals surface area contributed by atoms with E-state index in [4.69, 9.17) is 23.2 Å². The first-order valence-corrected chi connectivity index (χ1v) is 7.15. The van der Waals surface area contributed by atoms with E-state index in [1.165, 1.54) is 23.5 Å². The molecule has 19 heavy (non-hydrogen) atoms. The molecule has 0 aromatic carbocycles. The number of thiazole rings is 1. The number of carbonyl (C=O) groups excluding carboxylic acids is 1. The third-order valence-electron chi connectivity index (χ3n) is 2.38. The molecular weight excluding hydrogens is 305 g/mol. The van der Waals surface area contributed by atoms with Crippen molar-refractivity contribution in [1.29, 1.82) is 0 Å². The topological polar surface area (TPSA) is 54.9 Å². The molecule has 7 heteroatoms. The summed E-state index contributed by atoms with van der Waals surface area (Å²) in [6.45, 7) is 3.79. The summed E-state index contributed by atoms with van der Waals surface area (Å²) in [7, 11) is 0. The molecule has 1 unspecified atom stereocenters. The maximum Gasteiger partial charge on any atom is 0.252 e. The van der Waals surface area contributed by atoms with Gasteiger partial charge in [-0.2, -0.15) is 0 Å². The van der Waals surface area contributed by atoms with E-state index >= 15 is 0 Å². The third kappa shape index (κ3) is 3.65. The Morgan fingerprint density at radius 1 is 1.32 bits per heavy atom. The zero-order valence-electron chi connectivity index (χ0n) is 10.3. The number of nitrogens with one attached hydrogen (secondary N) is 1. The molecule has 0 saturated heterocycles. The smallest absolute Gasteiger partial charge is 0.252 e. The van der Waals surface area contributed by atoms with Crippen LogP contribution in [0, 0.1) is 6.92 Å². The molecule has 0 aliphatic rings. The molecule has 0 fully saturated rings. The molecule has 0 spiro atoms. The van der Waals surface area contributed by atoms with Gasteiger partial charge in [0.25, 0.3) is 5.91 Å². The van der Waals surface area contributed by atoms with Gasteiger partial charge in [-0.1, -0.05) is 23.2 Å². The number of carbonyl (C=O) groups is 1. The summed E-state index contributed by atoms with van der Waals surface area (Å²) in [4.78, 5) is 20.2. The molecule has 2 heterocycles. The average molecular weight is 316 g/mol. The van der Waals surface area contributed by atoms with Crippen LogP contribution in [0.25, 0.3) is 0 Å². The molecule has 2 aromatic rings. The summed E-state index contributed by atoms with van der Waals surface area (Å²) in [5.74, 6) is -0.258. The fourth-order valence-electron chi connectivity index (χ4n) is 1.51. The predicted molar refractivity (Wildman–Crippen MR) is 77.0 cm³/mol. The molecule has 2 rings (SSSR count). The van der Waals surface area contributed by atoms with Gasteiger partial charge in [-0.3, -0.25) is 4.79 Å². The van der Waals surface area contributed by atoms with Crippen molar-refractivity contribution in [3.05, 3.63) is 44.1 Å². The highest BCUT2D eigenvalue weighted by Crippen LogP contribution is 2.19. The normalized spacial score (nSPS) is 12.2. The molecule has 4 nitrogen and oxygen atoms in total. The standard InChI is InChI=1S/C12H11Cl2N3OS/c1-6-5-19-12(15-6)7(2)16-11(18)8-3-9(13)17-10(14)4-8/h3-5,7H,1-2H3,(H,16,18). The zero-order valence-corrected chi connectivity index (χ0v) is 12.6. The second-order valence-electron chi connectivity index (χ2n) is 4.02. The fourth-order valence-corrected chi connectivity index (χ4v) is 2.77. The van der Waals surface area contributed by atoms with Crippen LogP contribution in [-0.4, -0.2) is 15.9 Å². The maximum atomic E-state index is 12.1. The lowest BCUT2D eigenvalue weighted by Crippen LogP contribution is -2.26. The molecule has 100 valence electrons. The van der Waals surface area contributed by atoms with Crippen LogP contribution >= 0.6 is 34.5 Å². The van der Waals surface area contributed by atoms with Crippen LogP contribution in [0.15, 0.2) is 17.5 Å². The van der Waals surface area contributed by atoms with Crippen LogP contribution < -0.4 is 5.32 Å². The number of pyridine rings is 1. The Balaban J connectivity index is 2.12. The van der Waals surface area contributed by atoms with Crippen molar-refractivity contribution in [2.45, 2.75) is 19.9 Å². The minimum Gasteiger partial charge on any atom is -0.343 e. The summed E-state index contributed by atoms with van der Waals surface area (Å²) < 4.78 is 0. The van der Waals surface area contributed by atoms with Crippen molar-refractivity contribution in [2.75, 3.05) is 0 Å². The summed E-state index contributed by atoms with van der Waals surface area (Å²) >= 11 is 13.0. The maximum absolute atomic E-state index is 12.1. The van der Waals surface area contributed by atoms with Gasteiger partial charge < -0.3 is 5.32 Å². The number of rotatable bonds is 3. The predicted octanol–water partition coefficient (Wildman–Crippen LogP) is 3.64. The van der Waals surface area contributed by atoms with Crippen LogP contribution in [0.4, 0.5) is 0 Å². The van der Waals surface area contributed by atoms with Crippen molar-refractivity contribution in [3.63, 3.8) is 0 Å². The molecule has 0 aliphatic heterocycles. The quantitative estimate of drug-likeness (QED) is 0.880. The Hall–Kier alpha value is -1.17. The van der Waals surface area contributed by atoms with Gasteiger partial charge in [0.2, 0.25) is 0 Å². The van der Waals surface area contributed by atoms with Gasteiger partial charge in [0, 0.05) is 16.6 Å². The van der Waals surface area contributed by atoms with Crippen molar-refractivity contribution in [2.24, 2.45) is 0 Å². The lowest BCUT2D eigenvalue weighted by atomic mass is 10.2. The molecule has 1 N–H and O–H groups in total. The van der Waals surface area contributed by atoms with Crippen LogP contribution in [-0.2, 0) is 0 Å². The lowest BCUT2D eigenvalue weighted by molar-refractivity contribution is 0.0939. The Labute approximate surface area is 124 Å². The highest BCUT2D eigenvalue weighted by molar-refractivity contribution is 7.09. The van der Waals surface area contributed by atoms with E-state index in [1.807, 2.05) is 19.2 Å². The van der Waals surface area contributed by atoms with E-state index in [-0.39, 0.29) is 22.3 Å². The van der Waals surface area contributed by atoms with Gasteiger partial charge in [0.15, 0.2) is 0 Å². The minimum absolute atomic E-state index is 0.170. The van der Waals surface area contributed by atoms with Gasteiger partial charge in [-0.15, -0.1) is 11.3 Å². The Morgan fingerprint density at radius 3 is 2.47 bits per heavy atom. The zero-order chi connectivity index (χ0) is 14.0. The second kappa shape index (κ2) is 5.86. The van der Waals surface area contributed by atoms with E-state index in [9.17, 15) is 4.79 Å². The number of aromatic nitrogens is 2. The summed E-state index contributed by atoms with van der Waals surface area (Å²) in [6, 6.07) is 2.78. The van der Waals surface area contributed by atoms with E-state index in [0.717, 1.165) is 10.7 Å². The van der Waals surface area contributed by atoms with Crippen LogP contribution in [0.3, 0.4) is 0 Å². The largest absolute Gasteiger partial charge is 0.343 e. The molecule has 2 aromatic heterocycles. The van der Waals surface area contributed by atoms with E-state index in [2.05, 4.69) is 15.3 Å². The Morgan fingerprint density at radius 2 is 1.95 bits per heavy atom. The molecule has 0 saturated carbocycles. The first kappa shape index (κ1) is 14.2. The van der Waals surface area contributed by atoms with Crippen LogP contribution in [0.2, 0.25) is 10.3 Å². The SMILES string of the molecule is Cc1csc(C(C)NC(=O)c2cc(Cl)nc(Cl)c2)n1. The second-order valence-corrected chi connectivity index (χ2v) is 5.69. The number of hydrogen-bond acceptors (Lipinski definition) is 4. The molecule has 1 atom stereocenters. The van der Waals surface area contributed by atoms with Gasteiger partial charge >= 0.3 is 0 Å². The van der Waals surface area contributed by atoms with Crippen LogP contribution in [0.1, 0.15) is 34.0 Å². The summed E-state index contributed by atoms with van der Waals surface area (Å²) in [6.07, 6.45) is 0. The fraction of sp³-hybridized carbons (Fsp3) is 0.250. The van der Waals surface area contributed by atoms with E-state index < -0.39 is 0 Å². The van der Waals surface area contributed by atoms with Crippen molar-refractivity contribution >= 4 is 40.4 Å². The Kier molecular flexibility index (Phi) is 4.39. The number of halogens is 2. The molecule has 0 bridgehead atoms. The van der Waals surface area contributed by atoms with Gasteiger partial charge in [-0.05, 0) is 26.0 Å². The number of nitrogens with zero attached hydrogens (tertiary/aromatic N) is 2. The van der Waals surface area contributed by atoms with Gasteiger partial charge in [0.05, 0.1) is 6.04 Å². The molecule has 0 aliphatic carbocycles. The average Bonchev–Trinajstić information content (AvgIpc) is 2.74. The van der Waals surface area contributed by atoms with Crippen molar-refractivity contribution in [3.8, 4) is 0 Å². The van der Waals surface area contributed by atoms with E-state index in [0.29, 0.717) is 5.56 Å². The number of aryl methyl sites for hydroxylation is 1. The highest BCUT2D eigenvalue weighted by atomic mass is 35.5. The number of hydrogen-bond donors (Lipinski definition) is 1.